The summed E-state index contributed by atoms with van der Waals surface area (Å²) in [5.41, 5.74) is 3.26. The average Bonchev–Trinajstić information content (AvgIpc) is 3.08. The minimum Gasteiger partial charge on any atom is -0.395 e. The number of hydrogen-bond donors (Lipinski definition) is 1. The number of aliphatic hydroxyl groups is 1. The Morgan fingerprint density at radius 1 is 1.03 bits per heavy atom. The van der Waals surface area contributed by atoms with Crippen LogP contribution in [0.25, 0.3) is 0 Å². The quantitative estimate of drug-likeness (QED) is 0.808. The van der Waals surface area contributed by atoms with Crippen LogP contribution in [0.15, 0.2) is 47.4 Å². The van der Waals surface area contributed by atoms with Crippen molar-refractivity contribution in [1.29, 1.82) is 0 Å². The summed E-state index contributed by atoms with van der Waals surface area (Å²) in [4.78, 5) is 5.01. The molecule has 1 saturated heterocycles. The lowest BCUT2D eigenvalue weighted by molar-refractivity contribution is 0.0827. The third-order valence-corrected chi connectivity index (χ3v) is 7.33. The largest absolute Gasteiger partial charge is 0.395 e. The van der Waals surface area contributed by atoms with Gasteiger partial charge in [-0.2, -0.15) is 0 Å². The van der Waals surface area contributed by atoms with Gasteiger partial charge in [0, 0.05) is 50.9 Å². The molecule has 5 nitrogen and oxygen atoms in total. The molecule has 2 aromatic rings. The van der Waals surface area contributed by atoms with Gasteiger partial charge in [0.1, 0.15) is 5.82 Å². The molecule has 7 heteroatoms. The number of fused-ring (bicyclic) bond motifs is 1. The number of aliphatic hydroxyl groups excluding tert-OH is 1. The molecule has 1 N–H and O–H groups in total. The van der Waals surface area contributed by atoms with Gasteiger partial charge in [-0.3, -0.25) is 9.80 Å². The zero-order valence-corrected chi connectivity index (χ0v) is 17.4. The second-order valence-electron chi connectivity index (χ2n) is 8.02. The van der Waals surface area contributed by atoms with Crippen LogP contribution in [0.2, 0.25) is 0 Å². The highest BCUT2D eigenvalue weighted by Gasteiger charge is 2.37. The van der Waals surface area contributed by atoms with Crippen LogP contribution in [-0.4, -0.2) is 68.9 Å². The molecule has 0 spiro atoms. The lowest BCUT2D eigenvalue weighted by Crippen LogP contribution is -2.48. The highest BCUT2D eigenvalue weighted by Crippen LogP contribution is 2.47. The molecule has 0 aromatic heterocycles. The summed E-state index contributed by atoms with van der Waals surface area (Å²) in [5, 5.41) is 9.17. The first-order valence-electron chi connectivity index (χ1n) is 10.0. The second kappa shape index (κ2) is 8.14. The SMILES string of the molecule is CS(=O)(=O)c1ccc2c(c1)[C@@H](N1CCN(CCO)CC1)C[C@@H]2c1ccc(F)cc1. The molecule has 1 aliphatic carbocycles. The minimum atomic E-state index is -3.29. The van der Waals surface area contributed by atoms with E-state index in [2.05, 4.69) is 9.80 Å². The lowest BCUT2D eigenvalue weighted by atomic mass is 9.93. The van der Waals surface area contributed by atoms with E-state index in [1.165, 1.54) is 18.4 Å². The lowest BCUT2D eigenvalue weighted by Gasteiger charge is -2.38. The van der Waals surface area contributed by atoms with Crippen LogP contribution in [0.4, 0.5) is 4.39 Å². The van der Waals surface area contributed by atoms with E-state index in [1.807, 2.05) is 24.3 Å². The molecule has 1 heterocycles. The molecule has 29 heavy (non-hydrogen) atoms. The van der Waals surface area contributed by atoms with Gasteiger partial charge in [-0.1, -0.05) is 18.2 Å². The number of sulfone groups is 1. The average molecular weight is 419 g/mol. The highest BCUT2D eigenvalue weighted by molar-refractivity contribution is 7.90. The maximum absolute atomic E-state index is 13.4. The first-order valence-corrected chi connectivity index (χ1v) is 11.9. The molecular formula is C22H27FN2O3S. The van der Waals surface area contributed by atoms with Crippen LogP contribution >= 0.6 is 0 Å². The Morgan fingerprint density at radius 3 is 2.34 bits per heavy atom. The third kappa shape index (κ3) is 4.23. The van der Waals surface area contributed by atoms with Crippen LogP contribution in [0.5, 0.6) is 0 Å². The number of rotatable bonds is 5. The van der Waals surface area contributed by atoms with Crippen LogP contribution in [-0.2, 0) is 9.84 Å². The fourth-order valence-electron chi connectivity index (χ4n) is 4.66. The maximum Gasteiger partial charge on any atom is 0.175 e. The fraction of sp³-hybridized carbons (Fsp3) is 0.455. The predicted octanol–water partition coefficient (Wildman–Crippen LogP) is 2.42. The third-order valence-electron chi connectivity index (χ3n) is 6.22. The molecule has 2 aromatic carbocycles. The molecule has 1 fully saturated rings. The van der Waals surface area contributed by atoms with Crippen molar-refractivity contribution in [1.82, 2.24) is 9.80 Å². The van der Waals surface area contributed by atoms with Gasteiger partial charge in [0.05, 0.1) is 11.5 Å². The Bertz CT molecular complexity index is 970. The Labute approximate surface area is 171 Å². The monoisotopic (exact) mass is 418 g/mol. The van der Waals surface area contributed by atoms with E-state index in [0.717, 1.165) is 49.3 Å². The van der Waals surface area contributed by atoms with Crippen molar-refractivity contribution in [2.45, 2.75) is 23.3 Å². The second-order valence-corrected chi connectivity index (χ2v) is 10.0. The van der Waals surface area contributed by atoms with Gasteiger partial charge in [0.25, 0.3) is 0 Å². The number of benzene rings is 2. The predicted molar refractivity (Wildman–Crippen MR) is 110 cm³/mol. The topological polar surface area (TPSA) is 60.9 Å². The van der Waals surface area contributed by atoms with Crippen molar-refractivity contribution >= 4 is 9.84 Å². The number of piperazine rings is 1. The molecule has 4 rings (SSSR count). The van der Waals surface area contributed by atoms with E-state index >= 15 is 0 Å². The van der Waals surface area contributed by atoms with Gasteiger partial charge in [-0.05, 0) is 47.4 Å². The number of β-amino-alcohol motifs (C(OH)–C–C–N with tert-alkyl or cyclic N) is 1. The van der Waals surface area contributed by atoms with E-state index in [0.29, 0.717) is 11.4 Å². The summed E-state index contributed by atoms with van der Waals surface area (Å²) in [6.07, 6.45) is 2.10. The normalized spacial score (nSPS) is 23.3. The summed E-state index contributed by atoms with van der Waals surface area (Å²) >= 11 is 0. The fourth-order valence-corrected chi connectivity index (χ4v) is 5.32. The van der Waals surface area contributed by atoms with E-state index in [1.54, 1.807) is 6.07 Å². The van der Waals surface area contributed by atoms with Gasteiger partial charge in [-0.15, -0.1) is 0 Å². The molecule has 0 saturated carbocycles. The molecule has 0 amide bonds. The molecule has 0 radical (unpaired) electrons. The molecule has 1 aliphatic heterocycles. The molecule has 156 valence electrons. The van der Waals surface area contributed by atoms with Crippen LogP contribution in [0.1, 0.15) is 35.1 Å². The van der Waals surface area contributed by atoms with Crippen molar-refractivity contribution in [2.75, 3.05) is 45.6 Å². The van der Waals surface area contributed by atoms with Crippen molar-refractivity contribution in [3.05, 3.63) is 65.0 Å². The maximum atomic E-state index is 13.4. The smallest absolute Gasteiger partial charge is 0.175 e. The van der Waals surface area contributed by atoms with E-state index in [4.69, 9.17) is 0 Å². The van der Waals surface area contributed by atoms with Gasteiger partial charge in [0.15, 0.2) is 9.84 Å². The van der Waals surface area contributed by atoms with Gasteiger partial charge in [0.2, 0.25) is 0 Å². The number of hydrogen-bond acceptors (Lipinski definition) is 5. The molecular weight excluding hydrogens is 391 g/mol. The van der Waals surface area contributed by atoms with Gasteiger partial charge in [-0.25, -0.2) is 12.8 Å². The summed E-state index contributed by atoms with van der Waals surface area (Å²) in [5.74, 6) is -0.129. The van der Waals surface area contributed by atoms with Crippen LogP contribution < -0.4 is 0 Å². The van der Waals surface area contributed by atoms with Crippen LogP contribution in [0.3, 0.4) is 0 Å². The highest BCUT2D eigenvalue weighted by atomic mass is 32.2. The first kappa shape index (κ1) is 20.5. The van der Waals surface area contributed by atoms with Crippen molar-refractivity contribution in [3.63, 3.8) is 0 Å². The minimum absolute atomic E-state index is 0.125. The van der Waals surface area contributed by atoms with Crippen LogP contribution in [0, 0.1) is 5.82 Å². The Kier molecular flexibility index (Phi) is 5.75. The Morgan fingerprint density at radius 2 is 1.72 bits per heavy atom. The molecule has 2 aliphatic rings. The zero-order valence-electron chi connectivity index (χ0n) is 16.6. The molecule has 0 bridgehead atoms. The molecule has 0 unspecified atom stereocenters. The number of halogens is 1. The van der Waals surface area contributed by atoms with E-state index in [9.17, 15) is 17.9 Å². The Hall–Kier alpha value is -1.80. The Balaban J connectivity index is 1.67. The summed E-state index contributed by atoms with van der Waals surface area (Å²) in [6, 6.07) is 12.2. The summed E-state index contributed by atoms with van der Waals surface area (Å²) in [7, 11) is -3.29. The first-order chi connectivity index (χ1) is 13.9. The van der Waals surface area contributed by atoms with E-state index < -0.39 is 9.84 Å². The van der Waals surface area contributed by atoms with E-state index in [-0.39, 0.29) is 24.4 Å². The number of nitrogens with zero attached hydrogens (tertiary/aromatic N) is 2. The summed E-state index contributed by atoms with van der Waals surface area (Å²) in [6.45, 7) is 4.38. The van der Waals surface area contributed by atoms with Crippen molar-refractivity contribution < 1.29 is 17.9 Å². The van der Waals surface area contributed by atoms with Crippen molar-refractivity contribution in [2.24, 2.45) is 0 Å². The van der Waals surface area contributed by atoms with Crippen molar-refractivity contribution in [3.8, 4) is 0 Å². The molecule has 2 atom stereocenters. The van der Waals surface area contributed by atoms with Gasteiger partial charge < -0.3 is 5.11 Å². The summed E-state index contributed by atoms with van der Waals surface area (Å²) < 4.78 is 37.7. The standard InChI is InChI=1S/C22H27FN2O3S/c1-29(27,28)18-6-7-19-20(16-2-4-17(23)5-3-16)15-22(21(19)14-18)25-10-8-24(9-11-25)12-13-26/h2-7,14,20,22,26H,8-13,15H2,1H3/t20-,22+/m1/s1. The van der Waals surface area contributed by atoms with Gasteiger partial charge >= 0.3 is 0 Å². The zero-order chi connectivity index (χ0) is 20.6.